The summed E-state index contributed by atoms with van der Waals surface area (Å²) in [5.74, 6) is 0.204. The van der Waals surface area contributed by atoms with E-state index in [9.17, 15) is 9.18 Å². The van der Waals surface area contributed by atoms with E-state index in [1.807, 2.05) is 28.9 Å². The van der Waals surface area contributed by atoms with Crippen LogP contribution >= 0.6 is 11.6 Å². The van der Waals surface area contributed by atoms with Gasteiger partial charge in [0.1, 0.15) is 5.82 Å². The van der Waals surface area contributed by atoms with Crippen molar-refractivity contribution in [1.29, 1.82) is 0 Å². The molecule has 2 unspecified atom stereocenters. The number of hydrogen-bond donors (Lipinski definition) is 2. The average Bonchev–Trinajstić information content (AvgIpc) is 3.41. The Labute approximate surface area is 166 Å². The maximum Gasteiger partial charge on any atom is 0.290 e. The fourth-order valence-corrected chi connectivity index (χ4v) is 4.52. The lowest BCUT2D eigenvalue weighted by molar-refractivity contribution is 0.0956. The molecule has 0 saturated heterocycles. The van der Waals surface area contributed by atoms with E-state index in [4.69, 9.17) is 11.6 Å². The summed E-state index contributed by atoms with van der Waals surface area (Å²) >= 11 is 6.02. The van der Waals surface area contributed by atoms with Crippen molar-refractivity contribution >= 4 is 23.2 Å². The number of nitrogens with one attached hydrogen (secondary N) is 2. The topological polar surface area (TPSA) is 59.0 Å². The van der Waals surface area contributed by atoms with Gasteiger partial charge in [-0.1, -0.05) is 11.6 Å². The summed E-state index contributed by atoms with van der Waals surface area (Å²) in [4.78, 5) is 12.9. The van der Waals surface area contributed by atoms with Gasteiger partial charge >= 0.3 is 0 Å². The van der Waals surface area contributed by atoms with Crippen molar-refractivity contribution in [2.24, 2.45) is 0 Å². The monoisotopic (exact) mass is 396 g/mol. The van der Waals surface area contributed by atoms with Gasteiger partial charge in [-0.3, -0.25) is 15.6 Å². The first-order chi connectivity index (χ1) is 13.6. The molecule has 2 aromatic carbocycles. The van der Waals surface area contributed by atoms with Crippen LogP contribution < -0.4 is 10.9 Å². The Bertz CT molecular complexity index is 1050. The van der Waals surface area contributed by atoms with E-state index in [0.29, 0.717) is 28.2 Å². The fraction of sp³-hybridized carbons (Fsp3) is 0.238. The average molecular weight is 397 g/mol. The van der Waals surface area contributed by atoms with Crippen molar-refractivity contribution in [3.05, 3.63) is 76.3 Å². The number of halogens is 2. The van der Waals surface area contributed by atoms with Crippen molar-refractivity contribution in [2.45, 2.75) is 31.1 Å². The van der Waals surface area contributed by atoms with Gasteiger partial charge in [0.25, 0.3) is 5.91 Å². The lowest BCUT2D eigenvalue weighted by Crippen LogP contribution is -2.30. The minimum absolute atomic E-state index is 0.291. The lowest BCUT2D eigenvalue weighted by atomic mass is 9.95. The maximum absolute atomic E-state index is 13.0. The number of anilines is 1. The number of fused-ring (bicyclic) bond motifs is 5. The minimum atomic E-state index is -0.326. The quantitative estimate of drug-likeness (QED) is 0.623. The van der Waals surface area contributed by atoms with Gasteiger partial charge in [0.15, 0.2) is 5.69 Å². The Hall–Kier alpha value is -2.86. The molecule has 1 amide bonds. The first kappa shape index (κ1) is 17.3. The molecule has 2 bridgehead atoms. The number of hydrogen-bond acceptors (Lipinski definition) is 3. The smallest absolute Gasteiger partial charge is 0.290 e. The van der Waals surface area contributed by atoms with Crippen LogP contribution in [0.2, 0.25) is 5.02 Å². The Morgan fingerprint density at radius 1 is 1.07 bits per heavy atom. The third-order valence-electron chi connectivity index (χ3n) is 5.64. The van der Waals surface area contributed by atoms with Crippen LogP contribution in [0.3, 0.4) is 0 Å². The summed E-state index contributed by atoms with van der Waals surface area (Å²) < 4.78 is 14.9. The van der Waals surface area contributed by atoms with Crippen LogP contribution in [0.5, 0.6) is 0 Å². The Balaban J connectivity index is 1.47. The predicted octanol–water partition coefficient (Wildman–Crippen LogP) is 4.79. The van der Waals surface area contributed by atoms with Gasteiger partial charge in [-0.25, -0.2) is 9.07 Å². The molecule has 3 aromatic rings. The molecule has 7 heteroatoms. The molecule has 1 aromatic heterocycles. The van der Waals surface area contributed by atoms with E-state index in [0.717, 1.165) is 36.2 Å². The summed E-state index contributed by atoms with van der Waals surface area (Å²) in [7, 11) is 0. The molecule has 0 radical (unpaired) electrons. The van der Waals surface area contributed by atoms with Gasteiger partial charge in [-0.05, 0) is 73.7 Å². The van der Waals surface area contributed by atoms with Gasteiger partial charge < -0.3 is 0 Å². The van der Waals surface area contributed by atoms with E-state index < -0.39 is 0 Å². The largest absolute Gasteiger partial charge is 0.298 e. The van der Waals surface area contributed by atoms with Crippen LogP contribution in [0.15, 0.2) is 48.5 Å². The Kier molecular flexibility index (Phi) is 4.09. The zero-order chi connectivity index (χ0) is 19.3. The predicted molar refractivity (Wildman–Crippen MR) is 105 cm³/mol. The highest BCUT2D eigenvalue weighted by Gasteiger charge is 2.44. The molecule has 2 atom stereocenters. The molecule has 2 aliphatic carbocycles. The fourth-order valence-electron chi connectivity index (χ4n) is 4.40. The zero-order valence-corrected chi connectivity index (χ0v) is 15.7. The molecule has 0 spiro atoms. The highest BCUT2D eigenvalue weighted by molar-refractivity contribution is 6.30. The summed E-state index contributed by atoms with van der Waals surface area (Å²) in [6, 6.07) is 13.3. The second kappa shape index (κ2) is 6.63. The van der Waals surface area contributed by atoms with Crippen molar-refractivity contribution in [3.63, 3.8) is 0 Å². The summed E-state index contributed by atoms with van der Waals surface area (Å²) in [6.07, 6.45) is 3.30. The SMILES string of the molecule is O=C(NNc1ccc(F)cc1)c1nn(-c2ccc(Cl)cc2)c2c1C1CCC2C1. The van der Waals surface area contributed by atoms with Crippen molar-refractivity contribution in [1.82, 2.24) is 15.2 Å². The van der Waals surface area contributed by atoms with Crippen LogP contribution in [0, 0.1) is 5.82 Å². The minimum Gasteiger partial charge on any atom is -0.298 e. The highest BCUT2D eigenvalue weighted by atomic mass is 35.5. The van der Waals surface area contributed by atoms with E-state index in [2.05, 4.69) is 16.0 Å². The summed E-state index contributed by atoms with van der Waals surface area (Å²) in [5, 5.41) is 5.32. The van der Waals surface area contributed by atoms with Gasteiger partial charge in [-0.15, -0.1) is 0 Å². The number of benzene rings is 2. The van der Waals surface area contributed by atoms with Crippen LogP contribution in [-0.2, 0) is 0 Å². The molecule has 1 heterocycles. The number of rotatable bonds is 4. The van der Waals surface area contributed by atoms with Gasteiger partial charge in [0, 0.05) is 16.5 Å². The Morgan fingerprint density at radius 2 is 1.79 bits per heavy atom. The molecular weight excluding hydrogens is 379 g/mol. The number of carbonyl (C=O) groups excluding carboxylic acids is 1. The van der Waals surface area contributed by atoms with Crippen LogP contribution in [0.4, 0.5) is 10.1 Å². The lowest BCUT2D eigenvalue weighted by Gasteiger charge is -2.14. The molecule has 2 aliphatic rings. The summed E-state index contributed by atoms with van der Waals surface area (Å²) in [6.45, 7) is 0. The van der Waals surface area contributed by atoms with Crippen LogP contribution in [-0.4, -0.2) is 15.7 Å². The second-order valence-corrected chi connectivity index (χ2v) is 7.77. The van der Waals surface area contributed by atoms with Crippen LogP contribution in [0.1, 0.15) is 52.8 Å². The van der Waals surface area contributed by atoms with E-state index >= 15 is 0 Å². The second-order valence-electron chi connectivity index (χ2n) is 7.33. The van der Waals surface area contributed by atoms with Gasteiger partial charge in [0.2, 0.25) is 0 Å². The molecule has 1 fully saturated rings. The molecule has 5 nitrogen and oxygen atoms in total. The molecule has 1 saturated carbocycles. The zero-order valence-electron chi connectivity index (χ0n) is 15.0. The van der Waals surface area contributed by atoms with Gasteiger partial charge in [-0.2, -0.15) is 5.10 Å². The molecule has 5 rings (SSSR count). The maximum atomic E-state index is 13.0. The number of aromatic nitrogens is 2. The molecule has 28 heavy (non-hydrogen) atoms. The molecular formula is C21H18ClFN4O. The standard InChI is InChI=1S/C21H18ClFN4O/c22-14-3-9-17(10-4-14)27-20-13-2-1-12(11-13)18(20)19(26-27)21(28)25-24-16-7-5-15(23)6-8-16/h3-10,12-13,24H,1-2,11H2,(H,25,28). The van der Waals surface area contributed by atoms with E-state index in [-0.39, 0.29) is 11.7 Å². The Morgan fingerprint density at radius 3 is 2.54 bits per heavy atom. The normalized spacial score (nSPS) is 19.5. The van der Waals surface area contributed by atoms with Crippen molar-refractivity contribution in [3.8, 4) is 5.69 Å². The number of hydrazine groups is 1. The van der Waals surface area contributed by atoms with Crippen molar-refractivity contribution in [2.75, 3.05) is 5.43 Å². The van der Waals surface area contributed by atoms with Crippen LogP contribution in [0.25, 0.3) is 5.69 Å². The number of amides is 1. The highest BCUT2D eigenvalue weighted by Crippen LogP contribution is 2.54. The third kappa shape index (κ3) is 2.85. The first-order valence-electron chi connectivity index (χ1n) is 9.31. The van der Waals surface area contributed by atoms with Crippen molar-refractivity contribution < 1.29 is 9.18 Å². The number of carbonyl (C=O) groups is 1. The third-order valence-corrected chi connectivity index (χ3v) is 5.89. The molecule has 0 aliphatic heterocycles. The summed E-state index contributed by atoms with van der Waals surface area (Å²) in [5.41, 5.74) is 9.68. The van der Waals surface area contributed by atoms with Gasteiger partial charge in [0.05, 0.1) is 17.1 Å². The number of nitrogens with zero attached hydrogens (tertiary/aromatic N) is 2. The molecule has 142 valence electrons. The molecule has 2 N–H and O–H groups in total. The van der Waals surface area contributed by atoms with E-state index in [1.165, 1.54) is 12.1 Å². The van der Waals surface area contributed by atoms with E-state index in [1.54, 1.807) is 12.1 Å². The first-order valence-corrected chi connectivity index (χ1v) is 9.68.